The molecule has 1 saturated heterocycles. The lowest BCUT2D eigenvalue weighted by Crippen LogP contribution is -2.40. The van der Waals surface area contributed by atoms with Crippen molar-refractivity contribution in [2.45, 2.75) is 25.9 Å². The average Bonchev–Trinajstić information content (AvgIpc) is 2.89. The monoisotopic (exact) mass is 209 g/mol. The van der Waals surface area contributed by atoms with Crippen molar-refractivity contribution in [3.8, 4) is 0 Å². The van der Waals surface area contributed by atoms with Gasteiger partial charge in [0.1, 0.15) is 0 Å². The molecule has 0 aromatic carbocycles. The molecule has 2 rings (SSSR count). The van der Waals surface area contributed by atoms with Crippen LogP contribution in [0.25, 0.3) is 0 Å². The van der Waals surface area contributed by atoms with Gasteiger partial charge in [0.05, 0.1) is 13.2 Å². The second-order valence-electron chi connectivity index (χ2n) is 4.02. The summed E-state index contributed by atoms with van der Waals surface area (Å²) >= 11 is 0. The summed E-state index contributed by atoms with van der Waals surface area (Å²) in [5, 5.41) is 7.77. The normalized spacial score (nSPS) is 23.1. The third-order valence-electron chi connectivity index (χ3n) is 2.94. The Labute approximate surface area is 90.6 Å². The molecule has 4 heteroatoms. The zero-order chi connectivity index (χ0) is 10.5. The Bertz CT molecular complexity index is 267. The fourth-order valence-electron chi connectivity index (χ4n) is 2.12. The van der Waals surface area contributed by atoms with Gasteiger partial charge in [-0.05, 0) is 19.0 Å². The standard InChI is InChI=1S/C11H19N3O/c1-2-12-11(10-4-7-15-9-10)8-14-6-3-5-13-14/h3,5-6,10-12H,2,4,7-9H2,1H3. The molecule has 0 aliphatic carbocycles. The SMILES string of the molecule is CCNC(Cn1cccn1)C1CCOC1. The quantitative estimate of drug-likeness (QED) is 0.783. The molecule has 1 aromatic rings. The molecule has 0 saturated carbocycles. The Hall–Kier alpha value is -0.870. The van der Waals surface area contributed by atoms with Crippen molar-refractivity contribution in [3.63, 3.8) is 0 Å². The molecule has 1 fully saturated rings. The summed E-state index contributed by atoms with van der Waals surface area (Å²) in [5.41, 5.74) is 0. The van der Waals surface area contributed by atoms with Crippen LogP contribution in [-0.4, -0.2) is 35.6 Å². The van der Waals surface area contributed by atoms with Crippen molar-refractivity contribution < 1.29 is 4.74 Å². The molecule has 4 nitrogen and oxygen atoms in total. The molecular weight excluding hydrogens is 190 g/mol. The third-order valence-corrected chi connectivity index (χ3v) is 2.94. The van der Waals surface area contributed by atoms with Crippen molar-refractivity contribution in [3.05, 3.63) is 18.5 Å². The molecule has 1 aliphatic rings. The van der Waals surface area contributed by atoms with Crippen LogP contribution in [0.4, 0.5) is 0 Å². The van der Waals surface area contributed by atoms with E-state index in [-0.39, 0.29) is 0 Å². The van der Waals surface area contributed by atoms with Gasteiger partial charge in [0.2, 0.25) is 0 Å². The van der Waals surface area contributed by atoms with E-state index >= 15 is 0 Å². The number of rotatable bonds is 5. The summed E-state index contributed by atoms with van der Waals surface area (Å²) in [6, 6.07) is 2.45. The molecule has 1 aliphatic heterocycles. The second-order valence-corrected chi connectivity index (χ2v) is 4.02. The van der Waals surface area contributed by atoms with Crippen LogP contribution in [0.5, 0.6) is 0 Å². The van der Waals surface area contributed by atoms with Crippen LogP contribution in [0.15, 0.2) is 18.5 Å². The predicted octanol–water partition coefficient (Wildman–Crippen LogP) is 0.898. The molecule has 2 heterocycles. The Morgan fingerprint density at radius 3 is 3.20 bits per heavy atom. The van der Waals surface area contributed by atoms with Crippen LogP contribution < -0.4 is 5.32 Å². The first-order chi connectivity index (χ1) is 7.40. The molecule has 2 unspecified atom stereocenters. The fourth-order valence-corrected chi connectivity index (χ4v) is 2.12. The van der Waals surface area contributed by atoms with Gasteiger partial charge >= 0.3 is 0 Å². The molecule has 1 N–H and O–H groups in total. The van der Waals surface area contributed by atoms with Gasteiger partial charge in [-0.2, -0.15) is 5.10 Å². The van der Waals surface area contributed by atoms with Gasteiger partial charge in [-0.3, -0.25) is 4.68 Å². The maximum Gasteiger partial charge on any atom is 0.0566 e. The largest absolute Gasteiger partial charge is 0.381 e. The molecule has 84 valence electrons. The van der Waals surface area contributed by atoms with E-state index in [2.05, 4.69) is 17.3 Å². The first-order valence-corrected chi connectivity index (χ1v) is 5.68. The minimum absolute atomic E-state index is 0.484. The van der Waals surface area contributed by atoms with Gasteiger partial charge in [-0.25, -0.2) is 0 Å². The lowest BCUT2D eigenvalue weighted by molar-refractivity contribution is 0.173. The number of hydrogen-bond acceptors (Lipinski definition) is 3. The van der Waals surface area contributed by atoms with E-state index in [1.54, 1.807) is 0 Å². The van der Waals surface area contributed by atoms with Crippen molar-refractivity contribution in [1.29, 1.82) is 0 Å². The molecule has 15 heavy (non-hydrogen) atoms. The summed E-state index contributed by atoms with van der Waals surface area (Å²) in [4.78, 5) is 0. The summed E-state index contributed by atoms with van der Waals surface area (Å²) in [7, 11) is 0. The van der Waals surface area contributed by atoms with Crippen LogP contribution >= 0.6 is 0 Å². The molecule has 0 bridgehead atoms. The summed E-state index contributed by atoms with van der Waals surface area (Å²) in [5.74, 6) is 0.633. The van der Waals surface area contributed by atoms with Gasteiger partial charge in [0, 0.05) is 31.0 Å². The minimum atomic E-state index is 0.484. The van der Waals surface area contributed by atoms with Gasteiger partial charge in [0.25, 0.3) is 0 Å². The maximum absolute atomic E-state index is 5.43. The first-order valence-electron chi connectivity index (χ1n) is 5.68. The Morgan fingerprint density at radius 1 is 1.67 bits per heavy atom. The molecule has 0 spiro atoms. The van der Waals surface area contributed by atoms with E-state index in [4.69, 9.17) is 4.74 Å². The molecule has 0 radical (unpaired) electrons. The predicted molar refractivity (Wildman–Crippen MR) is 58.6 cm³/mol. The highest BCUT2D eigenvalue weighted by molar-refractivity contribution is 4.83. The third kappa shape index (κ3) is 2.79. The highest BCUT2D eigenvalue weighted by atomic mass is 16.5. The average molecular weight is 209 g/mol. The van der Waals surface area contributed by atoms with Crippen LogP contribution in [0.1, 0.15) is 13.3 Å². The Kier molecular flexibility index (Phi) is 3.75. The second kappa shape index (κ2) is 5.28. The van der Waals surface area contributed by atoms with E-state index < -0.39 is 0 Å². The lowest BCUT2D eigenvalue weighted by atomic mass is 9.99. The zero-order valence-electron chi connectivity index (χ0n) is 9.22. The van der Waals surface area contributed by atoms with Gasteiger partial charge < -0.3 is 10.1 Å². The van der Waals surface area contributed by atoms with E-state index in [0.717, 1.165) is 26.3 Å². The van der Waals surface area contributed by atoms with Crippen LogP contribution in [0.2, 0.25) is 0 Å². The molecule has 2 atom stereocenters. The topological polar surface area (TPSA) is 39.1 Å². The Balaban J connectivity index is 1.93. The van der Waals surface area contributed by atoms with Crippen molar-refractivity contribution in [2.24, 2.45) is 5.92 Å². The van der Waals surface area contributed by atoms with Crippen LogP contribution in [0, 0.1) is 5.92 Å². The van der Waals surface area contributed by atoms with Gasteiger partial charge in [-0.1, -0.05) is 6.92 Å². The number of ether oxygens (including phenoxy) is 1. The van der Waals surface area contributed by atoms with Crippen molar-refractivity contribution >= 4 is 0 Å². The van der Waals surface area contributed by atoms with E-state index in [9.17, 15) is 0 Å². The lowest BCUT2D eigenvalue weighted by Gasteiger charge is -2.23. The van der Waals surface area contributed by atoms with Crippen LogP contribution in [0.3, 0.4) is 0 Å². The van der Waals surface area contributed by atoms with Crippen molar-refractivity contribution in [1.82, 2.24) is 15.1 Å². The molecule has 0 amide bonds. The number of nitrogens with one attached hydrogen (secondary N) is 1. The van der Waals surface area contributed by atoms with Crippen molar-refractivity contribution in [2.75, 3.05) is 19.8 Å². The number of aromatic nitrogens is 2. The first kappa shape index (κ1) is 10.6. The van der Waals surface area contributed by atoms with E-state index in [1.165, 1.54) is 6.42 Å². The molecular formula is C11H19N3O. The maximum atomic E-state index is 5.43. The fraction of sp³-hybridized carbons (Fsp3) is 0.727. The number of hydrogen-bond donors (Lipinski definition) is 1. The smallest absolute Gasteiger partial charge is 0.0566 e. The number of likely N-dealkylation sites (N-methyl/N-ethyl adjacent to an activating group) is 1. The highest BCUT2D eigenvalue weighted by Gasteiger charge is 2.25. The zero-order valence-corrected chi connectivity index (χ0v) is 9.22. The number of nitrogens with zero attached hydrogens (tertiary/aromatic N) is 2. The molecule has 1 aromatic heterocycles. The highest BCUT2D eigenvalue weighted by Crippen LogP contribution is 2.17. The van der Waals surface area contributed by atoms with E-state index in [1.807, 2.05) is 23.1 Å². The minimum Gasteiger partial charge on any atom is -0.381 e. The van der Waals surface area contributed by atoms with Crippen LogP contribution in [-0.2, 0) is 11.3 Å². The summed E-state index contributed by atoms with van der Waals surface area (Å²) in [6.07, 6.45) is 5.01. The van der Waals surface area contributed by atoms with Gasteiger partial charge in [-0.15, -0.1) is 0 Å². The summed E-state index contributed by atoms with van der Waals surface area (Å²) in [6.45, 7) is 5.88. The van der Waals surface area contributed by atoms with E-state index in [0.29, 0.717) is 12.0 Å². The Morgan fingerprint density at radius 2 is 2.60 bits per heavy atom. The summed E-state index contributed by atoms with van der Waals surface area (Å²) < 4.78 is 7.43. The van der Waals surface area contributed by atoms with Gasteiger partial charge in [0.15, 0.2) is 0 Å².